The van der Waals surface area contributed by atoms with Gasteiger partial charge in [0.1, 0.15) is 6.61 Å². The Bertz CT molecular complexity index is 497. The van der Waals surface area contributed by atoms with E-state index in [-0.39, 0.29) is 12.6 Å². The molecule has 11 nitrogen and oxygen atoms in total. The minimum atomic E-state index is -0.306. The van der Waals surface area contributed by atoms with Gasteiger partial charge in [-0.3, -0.25) is 4.79 Å². The van der Waals surface area contributed by atoms with Crippen LogP contribution < -0.4 is 0 Å². The van der Waals surface area contributed by atoms with Crippen LogP contribution in [-0.4, -0.2) is 132 Å². The van der Waals surface area contributed by atoms with Crippen molar-refractivity contribution in [1.29, 1.82) is 0 Å². The average molecular weight is 597 g/mol. The molecular formula is C30H60O11. The predicted molar refractivity (Wildman–Crippen MR) is 157 cm³/mol. The van der Waals surface area contributed by atoms with Gasteiger partial charge in [0.2, 0.25) is 0 Å². The average Bonchev–Trinajstić information content (AvgIpc) is 2.97. The lowest BCUT2D eigenvalue weighted by Crippen LogP contribution is -2.15. The van der Waals surface area contributed by atoms with Crippen molar-refractivity contribution in [3.05, 3.63) is 0 Å². The second kappa shape index (κ2) is 37.1. The summed E-state index contributed by atoms with van der Waals surface area (Å²) in [6, 6.07) is 0. The Morgan fingerprint density at radius 2 is 0.585 bits per heavy atom. The number of unbranched alkanes of at least 4 members (excludes halogenated alkanes) is 7. The standard InChI is InChI=1S/C30H60O11/c1-3-4-5-6-7-8-9-10-11-32-12-13-33-14-15-34-16-17-35-18-19-36-20-21-37-22-23-38-24-25-39-26-27-40-28-29-41-30(2)31/h3-29H2,1-2H3. The zero-order valence-electron chi connectivity index (χ0n) is 26.1. The minimum Gasteiger partial charge on any atom is -0.463 e. The van der Waals surface area contributed by atoms with E-state index < -0.39 is 0 Å². The molecule has 0 aromatic carbocycles. The van der Waals surface area contributed by atoms with Crippen LogP contribution in [0.1, 0.15) is 65.2 Å². The van der Waals surface area contributed by atoms with Crippen LogP contribution in [0.2, 0.25) is 0 Å². The summed E-state index contributed by atoms with van der Waals surface area (Å²) in [7, 11) is 0. The Morgan fingerprint density at radius 1 is 0.341 bits per heavy atom. The van der Waals surface area contributed by atoms with E-state index in [0.717, 1.165) is 13.0 Å². The summed E-state index contributed by atoms with van der Waals surface area (Å²) in [6.07, 6.45) is 10.5. The van der Waals surface area contributed by atoms with Crippen LogP contribution in [-0.2, 0) is 52.2 Å². The molecule has 0 saturated heterocycles. The number of carbonyl (C=O) groups is 1. The molecule has 0 amide bonds. The van der Waals surface area contributed by atoms with E-state index in [4.69, 9.17) is 47.4 Å². The van der Waals surface area contributed by atoms with Crippen LogP contribution in [0.3, 0.4) is 0 Å². The zero-order chi connectivity index (χ0) is 29.7. The van der Waals surface area contributed by atoms with E-state index in [0.29, 0.717) is 112 Å². The van der Waals surface area contributed by atoms with Crippen molar-refractivity contribution >= 4 is 5.97 Å². The first-order valence-corrected chi connectivity index (χ1v) is 15.6. The van der Waals surface area contributed by atoms with Crippen molar-refractivity contribution in [1.82, 2.24) is 0 Å². The molecule has 0 atom stereocenters. The minimum absolute atomic E-state index is 0.264. The second-order valence-corrected chi connectivity index (χ2v) is 9.33. The number of carbonyl (C=O) groups excluding carboxylic acids is 1. The summed E-state index contributed by atoms with van der Waals surface area (Å²) in [5.41, 5.74) is 0. The highest BCUT2D eigenvalue weighted by Gasteiger charge is 1.97. The Kier molecular flexibility index (Phi) is 36.3. The zero-order valence-corrected chi connectivity index (χ0v) is 26.1. The lowest BCUT2D eigenvalue weighted by Gasteiger charge is -2.09. The molecule has 0 aromatic rings. The van der Waals surface area contributed by atoms with Crippen molar-refractivity contribution in [2.24, 2.45) is 0 Å². The molecule has 11 heteroatoms. The van der Waals surface area contributed by atoms with E-state index in [1.54, 1.807) is 0 Å². The molecule has 0 saturated carbocycles. The monoisotopic (exact) mass is 596 g/mol. The molecule has 0 rings (SSSR count). The van der Waals surface area contributed by atoms with E-state index in [1.807, 2.05) is 0 Å². The molecule has 0 aliphatic carbocycles. The molecule has 0 aliphatic heterocycles. The Morgan fingerprint density at radius 3 is 0.878 bits per heavy atom. The number of hydrogen-bond acceptors (Lipinski definition) is 11. The summed E-state index contributed by atoms with van der Waals surface area (Å²) < 4.78 is 53.8. The quantitative estimate of drug-likeness (QED) is 0.0777. The number of esters is 1. The molecule has 0 N–H and O–H groups in total. The highest BCUT2D eigenvalue weighted by atomic mass is 16.6. The number of hydrogen-bond donors (Lipinski definition) is 0. The van der Waals surface area contributed by atoms with Gasteiger partial charge in [-0.15, -0.1) is 0 Å². The first-order chi connectivity index (χ1) is 20.3. The summed E-state index contributed by atoms with van der Waals surface area (Å²) >= 11 is 0. The molecule has 0 unspecified atom stereocenters. The molecule has 0 radical (unpaired) electrons. The van der Waals surface area contributed by atoms with Crippen LogP contribution in [0, 0.1) is 0 Å². The molecule has 0 heterocycles. The summed E-state index contributed by atoms with van der Waals surface area (Å²) in [4.78, 5) is 10.6. The topological polar surface area (TPSA) is 109 Å². The number of rotatable bonds is 36. The van der Waals surface area contributed by atoms with Crippen molar-refractivity contribution in [2.45, 2.75) is 65.2 Å². The largest absolute Gasteiger partial charge is 0.463 e. The first-order valence-electron chi connectivity index (χ1n) is 15.6. The van der Waals surface area contributed by atoms with Gasteiger partial charge in [0.15, 0.2) is 0 Å². The van der Waals surface area contributed by atoms with E-state index in [9.17, 15) is 4.79 Å². The van der Waals surface area contributed by atoms with Gasteiger partial charge in [0.05, 0.1) is 112 Å². The van der Waals surface area contributed by atoms with Crippen LogP contribution in [0.4, 0.5) is 0 Å². The van der Waals surface area contributed by atoms with Crippen molar-refractivity contribution in [3.63, 3.8) is 0 Å². The van der Waals surface area contributed by atoms with Crippen LogP contribution in [0.25, 0.3) is 0 Å². The van der Waals surface area contributed by atoms with Crippen molar-refractivity contribution in [2.75, 3.05) is 126 Å². The molecule has 0 spiro atoms. The third-order valence-corrected chi connectivity index (χ3v) is 5.65. The maximum Gasteiger partial charge on any atom is 0.302 e. The van der Waals surface area contributed by atoms with Crippen LogP contribution in [0.5, 0.6) is 0 Å². The summed E-state index contributed by atoms with van der Waals surface area (Å²) in [5, 5.41) is 0. The number of ether oxygens (including phenoxy) is 10. The highest BCUT2D eigenvalue weighted by molar-refractivity contribution is 5.65. The second-order valence-electron chi connectivity index (χ2n) is 9.33. The smallest absolute Gasteiger partial charge is 0.302 e. The third kappa shape index (κ3) is 39.1. The fourth-order valence-electron chi connectivity index (χ4n) is 3.44. The Balaban J connectivity index is 3.03. The summed E-state index contributed by atoms with van der Waals surface area (Å²) in [5.74, 6) is -0.306. The molecule has 0 aliphatic rings. The van der Waals surface area contributed by atoms with E-state index in [2.05, 4.69) is 6.92 Å². The van der Waals surface area contributed by atoms with Gasteiger partial charge in [0.25, 0.3) is 0 Å². The fourth-order valence-corrected chi connectivity index (χ4v) is 3.44. The first kappa shape index (κ1) is 40.1. The predicted octanol–water partition coefficient (Wildman–Crippen LogP) is 3.84. The van der Waals surface area contributed by atoms with E-state index in [1.165, 1.54) is 51.9 Å². The van der Waals surface area contributed by atoms with Crippen molar-refractivity contribution < 1.29 is 52.2 Å². The van der Waals surface area contributed by atoms with E-state index >= 15 is 0 Å². The van der Waals surface area contributed by atoms with Gasteiger partial charge in [-0.05, 0) is 6.42 Å². The maximum absolute atomic E-state index is 10.6. The van der Waals surface area contributed by atoms with Crippen molar-refractivity contribution in [3.8, 4) is 0 Å². The molecule has 0 fully saturated rings. The van der Waals surface area contributed by atoms with Crippen LogP contribution in [0.15, 0.2) is 0 Å². The summed E-state index contributed by atoms with van der Waals surface area (Å²) in [6.45, 7) is 13.5. The van der Waals surface area contributed by atoms with Gasteiger partial charge in [0, 0.05) is 13.5 Å². The third-order valence-electron chi connectivity index (χ3n) is 5.65. The van der Waals surface area contributed by atoms with Gasteiger partial charge in [-0.25, -0.2) is 0 Å². The maximum atomic E-state index is 10.6. The molecule has 246 valence electrons. The molecule has 0 aromatic heterocycles. The molecule has 0 bridgehead atoms. The highest BCUT2D eigenvalue weighted by Crippen LogP contribution is 2.08. The van der Waals surface area contributed by atoms with Gasteiger partial charge in [-0.1, -0.05) is 51.9 Å². The molecule has 41 heavy (non-hydrogen) atoms. The molecular weight excluding hydrogens is 536 g/mol. The van der Waals surface area contributed by atoms with Gasteiger partial charge < -0.3 is 47.4 Å². The lowest BCUT2D eigenvalue weighted by molar-refractivity contribution is -0.142. The van der Waals surface area contributed by atoms with Crippen LogP contribution >= 0.6 is 0 Å². The normalized spacial score (nSPS) is 11.4. The fraction of sp³-hybridized carbons (Fsp3) is 0.967. The SMILES string of the molecule is CCCCCCCCCCOCCOCCOCCOCCOCCOCCOCCOCCOCCOC(C)=O. The van der Waals surface area contributed by atoms with Gasteiger partial charge >= 0.3 is 5.97 Å². The van der Waals surface area contributed by atoms with Gasteiger partial charge in [-0.2, -0.15) is 0 Å². The Hall–Kier alpha value is -0.890. The lowest BCUT2D eigenvalue weighted by atomic mass is 10.1. The Labute approximate surface area is 249 Å².